The molecular weight excluding hydrogens is 165 g/mol. The average molecular weight is 175 g/mol. The highest BCUT2D eigenvalue weighted by molar-refractivity contribution is 5.88. The molecule has 0 radical (unpaired) electrons. The topological polar surface area (TPSA) is 26.0 Å². The molecule has 2 rings (SSSR count). The molecule has 0 unspecified atom stereocenters. The maximum atomic E-state index is 13.3. The van der Waals surface area contributed by atoms with Crippen LogP contribution in [0.15, 0.2) is 30.3 Å². The summed E-state index contributed by atoms with van der Waals surface area (Å²) in [5.41, 5.74) is 7.07. The van der Waals surface area contributed by atoms with E-state index in [4.69, 9.17) is 5.73 Å². The lowest BCUT2D eigenvalue weighted by molar-refractivity contribution is 0.640. The Morgan fingerprint density at radius 3 is 2.69 bits per heavy atom. The Morgan fingerprint density at radius 1 is 1.15 bits per heavy atom. The van der Waals surface area contributed by atoms with Gasteiger partial charge in [0.25, 0.3) is 0 Å². The highest BCUT2D eigenvalue weighted by Gasteiger charge is 2.02. The molecule has 0 aliphatic heterocycles. The van der Waals surface area contributed by atoms with Gasteiger partial charge in [-0.15, -0.1) is 0 Å². The second-order valence-electron chi connectivity index (χ2n) is 3.17. The van der Waals surface area contributed by atoms with E-state index in [2.05, 4.69) is 0 Å². The van der Waals surface area contributed by atoms with E-state index in [0.717, 1.165) is 10.9 Å². The monoisotopic (exact) mass is 175 g/mol. The van der Waals surface area contributed by atoms with E-state index in [-0.39, 0.29) is 5.82 Å². The van der Waals surface area contributed by atoms with E-state index >= 15 is 0 Å². The lowest BCUT2D eigenvalue weighted by Gasteiger charge is -2.03. The number of aryl methyl sites for hydroxylation is 1. The SMILES string of the molecule is Cc1cccc2c(F)cc(N)cc12. The Balaban J connectivity index is 2.94. The number of fused-ring (bicyclic) bond motifs is 1. The van der Waals surface area contributed by atoms with Crippen LogP contribution in [-0.2, 0) is 0 Å². The molecule has 13 heavy (non-hydrogen) atoms. The third-order valence-corrected chi connectivity index (χ3v) is 2.19. The fourth-order valence-electron chi connectivity index (χ4n) is 1.51. The van der Waals surface area contributed by atoms with E-state index in [9.17, 15) is 4.39 Å². The summed E-state index contributed by atoms with van der Waals surface area (Å²) in [6.07, 6.45) is 0. The summed E-state index contributed by atoms with van der Waals surface area (Å²) in [6, 6.07) is 8.70. The van der Waals surface area contributed by atoms with Crippen LogP contribution in [0.4, 0.5) is 10.1 Å². The largest absolute Gasteiger partial charge is 0.399 e. The Bertz CT molecular complexity index is 463. The van der Waals surface area contributed by atoms with Crippen molar-refractivity contribution in [1.29, 1.82) is 0 Å². The predicted molar refractivity (Wildman–Crippen MR) is 53.1 cm³/mol. The van der Waals surface area contributed by atoms with Crippen LogP contribution in [0.1, 0.15) is 5.56 Å². The van der Waals surface area contributed by atoms with Crippen LogP contribution in [0.3, 0.4) is 0 Å². The van der Waals surface area contributed by atoms with E-state index in [1.807, 2.05) is 19.1 Å². The molecule has 0 aromatic heterocycles. The van der Waals surface area contributed by atoms with Crippen LogP contribution >= 0.6 is 0 Å². The zero-order valence-corrected chi connectivity index (χ0v) is 7.34. The Morgan fingerprint density at radius 2 is 1.92 bits per heavy atom. The van der Waals surface area contributed by atoms with Crippen LogP contribution in [0.2, 0.25) is 0 Å². The minimum Gasteiger partial charge on any atom is -0.399 e. The van der Waals surface area contributed by atoms with E-state index in [0.29, 0.717) is 11.1 Å². The number of anilines is 1. The van der Waals surface area contributed by atoms with Gasteiger partial charge in [-0.2, -0.15) is 0 Å². The summed E-state index contributed by atoms with van der Waals surface area (Å²) in [6.45, 7) is 1.95. The first kappa shape index (κ1) is 8.05. The smallest absolute Gasteiger partial charge is 0.133 e. The Labute approximate surface area is 76.0 Å². The third-order valence-electron chi connectivity index (χ3n) is 2.19. The van der Waals surface area contributed by atoms with Gasteiger partial charge in [-0.3, -0.25) is 0 Å². The van der Waals surface area contributed by atoms with Gasteiger partial charge in [0.05, 0.1) is 0 Å². The van der Waals surface area contributed by atoms with Crippen molar-refractivity contribution in [2.45, 2.75) is 6.92 Å². The predicted octanol–water partition coefficient (Wildman–Crippen LogP) is 2.87. The van der Waals surface area contributed by atoms with E-state index in [1.165, 1.54) is 6.07 Å². The standard InChI is InChI=1S/C11H10FN/c1-7-3-2-4-9-10(7)5-8(13)6-11(9)12/h2-6H,13H2,1H3. The zero-order chi connectivity index (χ0) is 9.42. The second-order valence-corrected chi connectivity index (χ2v) is 3.17. The van der Waals surface area contributed by atoms with E-state index < -0.39 is 0 Å². The highest BCUT2D eigenvalue weighted by Crippen LogP contribution is 2.23. The van der Waals surface area contributed by atoms with Crippen molar-refractivity contribution in [2.75, 3.05) is 5.73 Å². The molecule has 0 spiro atoms. The maximum absolute atomic E-state index is 13.3. The first-order valence-electron chi connectivity index (χ1n) is 4.13. The molecule has 2 aromatic rings. The molecule has 0 aliphatic carbocycles. The molecule has 0 amide bonds. The molecule has 0 bridgehead atoms. The van der Waals surface area contributed by atoms with Gasteiger partial charge in [-0.25, -0.2) is 4.39 Å². The van der Waals surface area contributed by atoms with Gasteiger partial charge >= 0.3 is 0 Å². The van der Waals surface area contributed by atoms with Crippen LogP contribution in [0.5, 0.6) is 0 Å². The van der Waals surface area contributed by atoms with Gasteiger partial charge < -0.3 is 5.73 Å². The number of nitrogen functional groups attached to an aromatic ring is 1. The summed E-state index contributed by atoms with van der Waals surface area (Å²) in [5, 5.41) is 1.52. The van der Waals surface area contributed by atoms with Gasteiger partial charge in [-0.1, -0.05) is 18.2 Å². The maximum Gasteiger partial charge on any atom is 0.133 e. The van der Waals surface area contributed by atoms with Gasteiger partial charge in [0.1, 0.15) is 5.82 Å². The number of halogens is 1. The molecule has 0 fully saturated rings. The lowest BCUT2D eigenvalue weighted by atomic mass is 10.0. The highest BCUT2D eigenvalue weighted by atomic mass is 19.1. The fourth-order valence-corrected chi connectivity index (χ4v) is 1.51. The summed E-state index contributed by atoms with van der Waals surface area (Å²) in [5.74, 6) is -0.251. The molecule has 2 N–H and O–H groups in total. The third kappa shape index (κ3) is 1.24. The number of nitrogens with two attached hydrogens (primary N) is 1. The lowest BCUT2D eigenvalue weighted by Crippen LogP contribution is -1.89. The van der Waals surface area contributed by atoms with Gasteiger partial charge in [-0.05, 0) is 30.0 Å². The fraction of sp³-hybridized carbons (Fsp3) is 0.0909. The van der Waals surface area contributed by atoms with Gasteiger partial charge in [0.15, 0.2) is 0 Å². The van der Waals surface area contributed by atoms with Crippen LogP contribution in [0.25, 0.3) is 10.8 Å². The minimum absolute atomic E-state index is 0.251. The molecule has 0 heterocycles. The van der Waals surface area contributed by atoms with Crippen LogP contribution in [-0.4, -0.2) is 0 Å². The molecule has 2 heteroatoms. The summed E-state index contributed by atoms with van der Waals surface area (Å²) in [4.78, 5) is 0. The number of benzene rings is 2. The molecule has 66 valence electrons. The summed E-state index contributed by atoms with van der Waals surface area (Å²) in [7, 11) is 0. The van der Waals surface area contributed by atoms with Crippen molar-refractivity contribution in [3.8, 4) is 0 Å². The van der Waals surface area contributed by atoms with Crippen LogP contribution < -0.4 is 5.73 Å². The Kier molecular flexibility index (Phi) is 1.69. The van der Waals surface area contributed by atoms with Crippen molar-refractivity contribution < 1.29 is 4.39 Å². The van der Waals surface area contributed by atoms with Gasteiger partial charge in [0.2, 0.25) is 0 Å². The molecular formula is C11H10FN. The normalized spacial score (nSPS) is 10.6. The first-order valence-corrected chi connectivity index (χ1v) is 4.13. The van der Waals surface area contributed by atoms with Crippen LogP contribution in [0, 0.1) is 12.7 Å². The molecule has 0 atom stereocenters. The Hall–Kier alpha value is -1.57. The van der Waals surface area contributed by atoms with E-state index in [1.54, 1.807) is 12.1 Å². The summed E-state index contributed by atoms with van der Waals surface area (Å²) < 4.78 is 13.3. The zero-order valence-electron chi connectivity index (χ0n) is 7.34. The number of hydrogen-bond acceptors (Lipinski definition) is 1. The number of hydrogen-bond donors (Lipinski definition) is 1. The quantitative estimate of drug-likeness (QED) is 0.612. The summed E-state index contributed by atoms with van der Waals surface area (Å²) >= 11 is 0. The van der Waals surface area contributed by atoms with Gasteiger partial charge in [0, 0.05) is 11.1 Å². The first-order chi connectivity index (χ1) is 6.18. The number of rotatable bonds is 0. The average Bonchev–Trinajstić information content (AvgIpc) is 2.07. The molecule has 0 saturated carbocycles. The van der Waals surface area contributed by atoms with Crippen molar-refractivity contribution >= 4 is 16.5 Å². The second kappa shape index (κ2) is 2.73. The molecule has 1 nitrogen and oxygen atoms in total. The van der Waals surface area contributed by atoms with Crippen molar-refractivity contribution in [1.82, 2.24) is 0 Å². The molecule has 0 saturated heterocycles. The van der Waals surface area contributed by atoms with Crippen molar-refractivity contribution in [2.24, 2.45) is 0 Å². The molecule has 0 aliphatic rings. The molecule has 2 aromatic carbocycles. The van der Waals surface area contributed by atoms with Crippen molar-refractivity contribution in [3.05, 3.63) is 41.7 Å². The van der Waals surface area contributed by atoms with Crippen molar-refractivity contribution in [3.63, 3.8) is 0 Å². The minimum atomic E-state index is -0.251.